The van der Waals surface area contributed by atoms with E-state index in [0.29, 0.717) is 6.61 Å². The van der Waals surface area contributed by atoms with Crippen molar-refractivity contribution in [3.05, 3.63) is 12.7 Å². The first-order valence-electron chi connectivity index (χ1n) is 6.55. The van der Waals surface area contributed by atoms with Gasteiger partial charge < -0.3 is 9.64 Å². The molecule has 0 unspecified atom stereocenters. The monoisotopic (exact) mass is 275 g/mol. The van der Waals surface area contributed by atoms with Gasteiger partial charge >= 0.3 is 6.16 Å². The summed E-state index contributed by atoms with van der Waals surface area (Å²) < 4.78 is 4.49. The lowest BCUT2D eigenvalue weighted by molar-refractivity contribution is -0.486. The highest BCUT2D eigenvalue weighted by atomic mass is 17.5. The van der Waals surface area contributed by atoms with Crippen molar-refractivity contribution in [3.63, 3.8) is 0 Å². The Labute approximate surface area is 115 Å². The molecule has 0 heterocycles. The molecule has 0 spiro atoms. The van der Waals surface area contributed by atoms with Gasteiger partial charge in [-0.2, -0.15) is 4.89 Å². The van der Waals surface area contributed by atoms with Crippen molar-refractivity contribution in [2.24, 2.45) is 0 Å². The molecule has 0 atom stereocenters. The van der Waals surface area contributed by atoms with Crippen molar-refractivity contribution in [3.8, 4) is 0 Å². The van der Waals surface area contributed by atoms with Gasteiger partial charge in [-0.25, -0.2) is 9.68 Å². The molecule has 0 bridgehead atoms. The molecule has 0 saturated carbocycles. The molecule has 6 heteroatoms. The Morgan fingerprint density at radius 1 is 1.16 bits per heavy atom. The first-order valence-corrected chi connectivity index (χ1v) is 6.55. The maximum absolute atomic E-state index is 10.8. The number of carbonyl (C=O) groups excluding carboxylic acids is 1. The van der Waals surface area contributed by atoms with E-state index in [9.17, 15) is 4.79 Å². The van der Waals surface area contributed by atoms with E-state index in [2.05, 4.69) is 45.1 Å². The molecule has 0 aliphatic carbocycles. The smallest absolute Gasteiger partial charge is 0.428 e. The SMILES string of the molecule is C=CCOC(=O)OOOCCCCCCCN(C)C. The molecule has 0 aromatic carbocycles. The van der Waals surface area contributed by atoms with Crippen LogP contribution in [0.5, 0.6) is 0 Å². The number of rotatable bonds is 12. The molecule has 0 aromatic rings. The van der Waals surface area contributed by atoms with Crippen LogP contribution >= 0.6 is 0 Å². The number of carbonyl (C=O) groups is 1. The van der Waals surface area contributed by atoms with Gasteiger partial charge in [-0.1, -0.05) is 31.9 Å². The lowest BCUT2D eigenvalue weighted by atomic mass is 10.1. The Morgan fingerprint density at radius 3 is 2.53 bits per heavy atom. The third-order valence-electron chi connectivity index (χ3n) is 2.30. The number of nitrogens with zero attached hydrogens (tertiary/aromatic N) is 1. The fourth-order valence-corrected chi connectivity index (χ4v) is 1.36. The second-order valence-corrected chi connectivity index (χ2v) is 4.39. The Kier molecular flexibility index (Phi) is 12.5. The quantitative estimate of drug-likeness (QED) is 0.179. The van der Waals surface area contributed by atoms with Crippen LogP contribution in [0.25, 0.3) is 0 Å². The molecule has 0 fully saturated rings. The summed E-state index contributed by atoms with van der Waals surface area (Å²) in [5.41, 5.74) is 0. The minimum atomic E-state index is -0.941. The van der Waals surface area contributed by atoms with Crippen LogP contribution in [0.1, 0.15) is 32.1 Å². The molecular weight excluding hydrogens is 250 g/mol. The maximum atomic E-state index is 10.8. The number of hydrogen-bond acceptors (Lipinski definition) is 6. The Bertz CT molecular complexity index is 233. The highest BCUT2D eigenvalue weighted by Gasteiger charge is 2.03. The van der Waals surface area contributed by atoms with E-state index < -0.39 is 6.16 Å². The number of unbranched alkanes of at least 4 members (excludes halogenated alkanes) is 4. The lowest BCUT2D eigenvalue weighted by Crippen LogP contribution is -2.12. The van der Waals surface area contributed by atoms with Crippen molar-refractivity contribution in [1.29, 1.82) is 0 Å². The summed E-state index contributed by atoms with van der Waals surface area (Å²) in [6.07, 6.45) is 6.01. The molecule has 6 nitrogen and oxygen atoms in total. The van der Waals surface area contributed by atoms with Gasteiger partial charge in [0.05, 0.1) is 6.61 Å². The van der Waals surface area contributed by atoms with Crippen LogP contribution < -0.4 is 0 Å². The van der Waals surface area contributed by atoms with Gasteiger partial charge in [-0.15, -0.1) is 0 Å². The lowest BCUT2D eigenvalue weighted by Gasteiger charge is -2.08. The third kappa shape index (κ3) is 14.8. The Balaban J connectivity index is 3.10. The molecular formula is C13H25NO5. The van der Waals surface area contributed by atoms with Crippen LogP contribution in [0.15, 0.2) is 12.7 Å². The average molecular weight is 275 g/mol. The van der Waals surface area contributed by atoms with E-state index >= 15 is 0 Å². The largest absolute Gasteiger partial charge is 0.542 e. The standard InChI is InChI=1S/C13H25NO5/c1-4-11-16-13(15)18-19-17-12-9-7-5-6-8-10-14(2)3/h4H,1,5-12H2,2-3H3. The van der Waals surface area contributed by atoms with E-state index in [0.717, 1.165) is 19.4 Å². The summed E-state index contributed by atoms with van der Waals surface area (Å²) in [6, 6.07) is 0. The fourth-order valence-electron chi connectivity index (χ4n) is 1.36. The zero-order valence-corrected chi connectivity index (χ0v) is 11.9. The van der Waals surface area contributed by atoms with E-state index in [1.165, 1.54) is 25.3 Å². The van der Waals surface area contributed by atoms with Crippen LogP contribution in [0.4, 0.5) is 4.79 Å². The molecule has 112 valence electrons. The van der Waals surface area contributed by atoms with Crippen molar-refractivity contribution >= 4 is 6.16 Å². The molecule has 0 rings (SSSR count). The summed E-state index contributed by atoms with van der Waals surface area (Å²) in [5, 5.41) is 4.24. The van der Waals surface area contributed by atoms with Gasteiger partial charge in [-0.3, -0.25) is 0 Å². The van der Waals surface area contributed by atoms with Gasteiger partial charge in [0, 0.05) is 0 Å². The third-order valence-corrected chi connectivity index (χ3v) is 2.30. The normalized spacial score (nSPS) is 10.5. The summed E-state index contributed by atoms with van der Waals surface area (Å²) in [6.45, 7) is 4.98. The van der Waals surface area contributed by atoms with Crippen LogP contribution in [0.2, 0.25) is 0 Å². The van der Waals surface area contributed by atoms with Crippen molar-refractivity contribution in [2.75, 3.05) is 33.9 Å². The van der Waals surface area contributed by atoms with Crippen LogP contribution in [0.3, 0.4) is 0 Å². The molecule has 0 radical (unpaired) electrons. The van der Waals surface area contributed by atoms with Crippen molar-refractivity contribution < 1.29 is 24.3 Å². The molecule has 0 aliphatic heterocycles. The summed E-state index contributed by atoms with van der Waals surface area (Å²) in [4.78, 5) is 21.8. The topological polar surface area (TPSA) is 57.2 Å². The summed E-state index contributed by atoms with van der Waals surface area (Å²) in [7, 11) is 4.15. The molecule has 0 saturated heterocycles. The molecule has 0 N–H and O–H groups in total. The van der Waals surface area contributed by atoms with E-state index in [1.807, 2.05) is 0 Å². The first kappa shape index (κ1) is 17.9. The van der Waals surface area contributed by atoms with Gasteiger partial charge in [0.2, 0.25) is 0 Å². The van der Waals surface area contributed by atoms with E-state index in [4.69, 9.17) is 0 Å². The van der Waals surface area contributed by atoms with Crippen LogP contribution in [-0.2, 0) is 19.6 Å². The van der Waals surface area contributed by atoms with Gasteiger partial charge in [0.1, 0.15) is 6.61 Å². The second kappa shape index (κ2) is 13.3. The molecule has 0 aliphatic rings. The first-order chi connectivity index (χ1) is 9.16. The minimum Gasteiger partial charge on any atom is -0.428 e. The molecule has 0 aromatic heterocycles. The predicted molar refractivity (Wildman–Crippen MR) is 71.3 cm³/mol. The van der Waals surface area contributed by atoms with Gasteiger partial charge in [0.25, 0.3) is 0 Å². The van der Waals surface area contributed by atoms with Crippen LogP contribution in [-0.4, -0.2) is 44.9 Å². The van der Waals surface area contributed by atoms with Gasteiger partial charge in [0.15, 0.2) is 0 Å². The second-order valence-electron chi connectivity index (χ2n) is 4.39. The Hall–Kier alpha value is -1.11. The average Bonchev–Trinajstić information content (AvgIpc) is 2.38. The molecule has 19 heavy (non-hydrogen) atoms. The number of hydrogen-bond donors (Lipinski definition) is 0. The maximum Gasteiger partial charge on any atom is 0.542 e. The van der Waals surface area contributed by atoms with E-state index in [-0.39, 0.29) is 6.61 Å². The van der Waals surface area contributed by atoms with Crippen molar-refractivity contribution in [1.82, 2.24) is 4.90 Å². The summed E-state index contributed by atoms with van der Waals surface area (Å²) in [5.74, 6) is 0. The zero-order chi connectivity index (χ0) is 14.3. The number of ether oxygens (including phenoxy) is 1. The molecule has 0 amide bonds. The van der Waals surface area contributed by atoms with Crippen LogP contribution in [0, 0.1) is 0 Å². The zero-order valence-electron chi connectivity index (χ0n) is 11.9. The highest BCUT2D eigenvalue weighted by Crippen LogP contribution is 2.03. The van der Waals surface area contributed by atoms with Gasteiger partial charge in [-0.05, 0) is 38.5 Å². The van der Waals surface area contributed by atoms with Crippen molar-refractivity contribution in [2.45, 2.75) is 32.1 Å². The summed E-state index contributed by atoms with van der Waals surface area (Å²) >= 11 is 0. The minimum absolute atomic E-state index is 0.0785. The Morgan fingerprint density at radius 2 is 1.84 bits per heavy atom. The fraction of sp³-hybridized carbons (Fsp3) is 0.769. The highest BCUT2D eigenvalue weighted by molar-refractivity contribution is 5.58. The predicted octanol–water partition coefficient (Wildman–Crippen LogP) is 2.70. The van der Waals surface area contributed by atoms with E-state index in [1.54, 1.807) is 0 Å².